The highest BCUT2D eigenvalue weighted by Gasteiger charge is 2.82. The normalized spacial score (nSPS) is 45.4. The molecule has 0 unspecified atom stereocenters. The van der Waals surface area contributed by atoms with Crippen LogP contribution in [0.25, 0.3) is 0 Å². The Morgan fingerprint density at radius 1 is 1.37 bits per heavy atom. The maximum atomic E-state index is 13.4. The Morgan fingerprint density at radius 2 is 2.17 bits per heavy atom. The van der Waals surface area contributed by atoms with Gasteiger partial charge in [0.1, 0.15) is 18.3 Å². The largest absolute Gasteiger partial charge is 0.472 e. The van der Waals surface area contributed by atoms with Crippen LogP contribution in [0, 0.1) is 22.7 Å². The van der Waals surface area contributed by atoms with Crippen molar-refractivity contribution in [2.75, 3.05) is 13.2 Å². The Kier molecular flexibility index (Phi) is 4.21. The van der Waals surface area contributed by atoms with Crippen LogP contribution in [0.1, 0.15) is 57.6 Å². The molecule has 0 aromatic carbocycles. The van der Waals surface area contributed by atoms with Crippen LogP contribution in [-0.4, -0.2) is 46.8 Å². The van der Waals surface area contributed by atoms with Crippen LogP contribution in [0.3, 0.4) is 0 Å². The molecule has 4 aliphatic rings. The van der Waals surface area contributed by atoms with Crippen molar-refractivity contribution in [3.63, 3.8) is 0 Å². The minimum Gasteiger partial charge on any atom is -0.472 e. The molecule has 3 heterocycles. The lowest BCUT2D eigenvalue weighted by molar-refractivity contribution is -0.345. The molecule has 1 spiro atoms. The number of carbonyl (C=O) groups is 2. The van der Waals surface area contributed by atoms with Crippen molar-refractivity contribution in [3.8, 4) is 0 Å². The summed E-state index contributed by atoms with van der Waals surface area (Å²) in [6.45, 7) is 3.19. The van der Waals surface area contributed by atoms with Crippen LogP contribution in [0.2, 0.25) is 0 Å². The summed E-state index contributed by atoms with van der Waals surface area (Å²) in [5.74, 6) is -3.03. The van der Waals surface area contributed by atoms with Crippen molar-refractivity contribution in [1.29, 1.82) is 0 Å². The van der Waals surface area contributed by atoms with E-state index in [9.17, 15) is 19.8 Å². The molecule has 5 rings (SSSR count). The molecule has 2 N–H and O–H groups in total. The van der Waals surface area contributed by atoms with Gasteiger partial charge in [0.25, 0.3) is 0 Å². The molecule has 2 bridgehead atoms. The molecule has 2 saturated carbocycles. The van der Waals surface area contributed by atoms with E-state index in [0.29, 0.717) is 24.8 Å². The van der Waals surface area contributed by atoms with Crippen molar-refractivity contribution >= 4 is 11.9 Å². The van der Waals surface area contributed by atoms with Gasteiger partial charge in [-0.1, -0.05) is 13.3 Å². The molecule has 8 nitrogen and oxygen atoms in total. The fourth-order valence-electron chi connectivity index (χ4n) is 7.10. The lowest BCUT2D eigenvalue weighted by Crippen LogP contribution is -2.76. The zero-order valence-electron chi connectivity index (χ0n) is 17.3. The minimum atomic E-state index is -1.55. The zero-order valence-corrected chi connectivity index (χ0v) is 17.3. The van der Waals surface area contributed by atoms with Gasteiger partial charge >= 0.3 is 11.9 Å². The predicted molar refractivity (Wildman–Crippen MR) is 101 cm³/mol. The molecule has 2 aliphatic carbocycles. The van der Waals surface area contributed by atoms with Crippen molar-refractivity contribution in [2.45, 2.75) is 63.4 Å². The van der Waals surface area contributed by atoms with Gasteiger partial charge in [0.05, 0.1) is 30.0 Å². The first-order valence-corrected chi connectivity index (χ1v) is 10.6. The molecule has 1 aromatic rings. The summed E-state index contributed by atoms with van der Waals surface area (Å²) in [4.78, 5) is 25.3. The van der Waals surface area contributed by atoms with E-state index in [1.807, 2.05) is 6.92 Å². The molecule has 2 aliphatic heterocycles. The van der Waals surface area contributed by atoms with Gasteiger partial charge in [-0.2, -0.15) is 0 Å². The standard InChI is InChI=1S/C22H28O8/c1-13-8-22(26)21-12-28-18(24)20(13,17(21)4-3-6-19(21,25)11-29-22)9-16(30-14(2)23)15-5-7-27-10-15/h5,7,10,13,16-17,25-26H,3-4,6,8-9,11-12H2,1-2H3/t13-,16+,17-,19+,20-,21-,22-/m1/s1. The second-order valence-electron chi connectivity index (χ2n) is 9.60. The van der Waals surface area contributed by atoms with Crippen LogP contribution in [0.4, 0.5) is 0 Å². The van der Waals surface area contributed by atoms with Crippen molar-refractivity contribution in [2.24, 2.45) is 22.7 Å². The Bertz CT molecular complexity index is 866. The number of aliphatic hydroxyl groups is 2. The van der Waals surface area contributed by atoms with Gasteiger partial charge in [0.2, 0.25) is 0 Å². The number of hydrogen-bond donors (Lipinski definition) is 2. The summed E-state index contributed by atoms with van der Waals surface area (Å²) in [5, 5.41) is 23.1. The number of esters is 2. The van der Waals surface area contributed by atoms with Crippen molar-refractivity contribution < 1.29 is 38.4 Å². The summed E-state index contributed by atoms with van der Waals surface area (Å²) in [6.07, 6.45) is 4.58. The lowest BCUT2D eigenvalue weighted by atomic mass is 9.40. The molecular formula is C22H28O8. The number of hydrogen-bond acceptors (Lipinski definition) is 8. The van der Waals surface area contributed by atoms with E-state index >= 15 is 0 Å². The number of furan rings is 1. The molecule has 4 fully saturated rings. The first-order valence-electron chi connectivity index (χ1n) is 10.6. The maximum Gasteiger partial charge on any atom is 0.312 e. The monoisotopic (exact) mass is 420 g/mol. The highest BCUT2D eigenvalue weighted by molar-refractivity contribution is 5.80. The molecule has 7 atom stereocenters. The summed E-state index contributed by atoms with van der Waals surface area (Å²) in [5.41, 5.74) is -2.71. The van der Waals surface area contributed by atoms with Crippen molar-refractivity contribution in [3.05, 3.63) is 24.2 Å². The first kappa shape index (κ1) is 20.0. The molecule has 0 amide bonds. The van der Waals surface area contributed by atoms with Crippen molar-refractivity contribution in [1.82, 2.24) is 0 Å². The fourth-order valence-corrected chi connectivity index (χ4v) is 7.10. The topological polar surface area (TPSA) is 115 Å². The summed E-state index contributed by atoms with van der Waals surface area (Å²) < 4.78 is 22.4. The van der Waals surface area contributed by atoms with E-state index in [-0.39, 0.29) is 43.9 Å². The van der Waals surface area contributed by atoms with Gasteiger partial charge in [-0.05, 0) is 30.7 Å². The Labute approximate surface area is 174 Å². The average Bonchev–Trinajstić information content (AvgIpc) is 3.28. The SMILES string of the molecule is CC(=O)O[C@@H](C[C@]12C(=O)OC[C@@]34[C@@H]1CCC[C@]3(O)CO[C@]4(O)C[C@H]2C)c1ccoc1. The van der Waals surface area contributed by atoms with Gasteiger partial charge in [-0.25, -0.2) is 0 Å². The highest BCUT2D eigenvalue weighted by atomic mass is 16.6. The van der Waals surface area contributed by atoms with E-state index < -0.39 is 34.3 Å². The van der Waals surface area contributed by atoms with Crippen LogP contribution in [-0.2, 0) is 23.8 Å². The quantitative estimate of drug-likeness (QED) is 0.712. The second-order valence-corrected chi connectivity index (χ2v) is 9.60. The van der Waals surface area contributed by atoms with Crippen LogP contribution >= 0.6 is 0 Å². The third-order valence-corrected chi connectivity index (χ3v) is 8.40. The smallest absolute Gasteiger partial charge is 0.312 e. The predicted octanol–water partition coefficient (Wildman–Crippen LogP) is 2.09. The van der Waals surface area contributed by atoms with Crippen LogP contribution in [0.5, 0.6) is 0 Å². The third kappa shape index (κ3) is 2.27. The lowest BCUT2D eigenvalue weighted by Gasteiger charge is -2.66. The van der Waals surface area contributed by atoms with E-state index in [4.69, 9.17) is 18.6 Å². The number of carbonyl (C=O) groups excluding carboxylic acids is 2. The molecule has 0 radical (unpaired) electrons. The third-order valence-electron chi connectivity index (χ3n) is 8.40. The average molecular weight is 420 g/mol. The molecule has 2 saturated heterocycles. The Balaban J connectivity index is 1.64. The first-order chi connectivity index (χ1) is 14.2. The van der Waals surface area contributed by atoms with E-state index in [0.717, 1.165) is 0 Å². The van der Waals surface area contributed by atoms with E-state index in [2.05, 4.69) is 0 Å². The zero-order chi connectivity index (χ0) is 21.4. The van der Waals surface area contributed by atoms with E-state index in [1.165, 1.54) is 19.5 Å². The Hall–Kier alpha value is -1.90. The molecule has 8 heteroatoms. The number of rotatable bonds is 4. The molecule has 1 aromatic heterocycles. The van der Waals surface area contributed by atoms with Crippen LogP contribution < -0.4 is 0 Å². The van der Waals surface area contributed by atoms with Gasteiger partial charge < -0.3 is 28.8 Å². The minimum absolute atomic E-state index is 0.0233. The summed E-state index contributed by atoms with van der Waals surface area (Å²) in [6, 6.07) is 1.72. The number of ether oxygens (including phenoxy) is 3. The second kappa shape index (κ2) is 6.31. The highest BCUT2D eigenvalue weighted by Crippen LogP contribution is 2.73. The molecule has 30 heavy (non-hydrogen) atoms. The Morgan fingerprint density at radius 3 is 2.87 bits per heavy atom. The van der Waals surface area contributed by atoms with Gasteiger partial charge in [-0.3, -0.25) is 9.59 Å². The summed E-state index contributed by atoms with van der Waals surface area (Å²) in [7, 11) is 0. The van der Waals surface area contributed by atoms with Gasteiger partial charge in [-0.15, -0.1) is 0 Å². The van der Waals surface area contributed by atoms with Crippen LogP contribution in [0.15, 0.2) is 23.0 Å². The van der Waals surface area contributed by atoms with E-state index in [1.54, 1.807) is 6.07 Å². The fraction of sp³-hybridized carbons (Fsp3) is 0.727. The molecular weight excluding hydrogens is 392 g/mol. The molecule has 164 valence electrons. The summed E-state index contributed by atoms with van der Waals surface area (Å²) >= 11 is 0. The number of cyclic esters (lactones) is 1. The van der Waals surface area contributed by atoms with Gasteiger partial charge in [0.15, 0.2) is 5.79 Å². The van der Waals surface area contributed by atoms with Gasteiger partial charge in [0, 0.05) is 25.3 Å². The maximum absolute atomic E-state index is 13.4.